The average molecular weight is 395 g/mol. The summed E-state index contributed by atoms with van der Waals surface area (Å²) in [7, 11) is 0. The van der Waals surface area contributed by atoms with Crippen LogP contribution in [0.4, 0.5) is 5.95 Å². The molecule has 1 N–H and O–H groups in total. The van der Waals surface area contributed by atoms with Crippen molar-refractivity contribution in [3.63, 3.8) is 0 Å². The Kier molecular flexibility index (Phi) is 5.68. The van der Waals surface area contributed by atoms with Gasteiger partial charge in [-0.2, -0.15) is 9.97 Å². The summed E-state index contributed by atoms with van der Waals surface area (Å²) in [5, 5.41) is 3.37. The van der Waals surface area contributed by atoms with E-state index in [1.807, 2.05) is 60.7 Å². The maximum atomic E-state index is 6.09. The van der Waals surface area contributed by atoms with Crippen LogP contribution in [0.1, 0.15) is 17.0 Å². The third-order valence-electron chi connectivity index (χ3n) is 4.15. The Hall–Kier alpha value is -3.12. The van der Waals surface area contributed by atoms with Gasteiger partial charge in [0.05, 0.1) is 0 Å². The molecule has 0 atom stereocenters. The maximum Gasteiger partial charge on any atom is 0.227 e. The average Bonchev–Trinajstić information content (AvgIpc) is 2.69. The highest BCUT2D eigenvalue weighted by Gasteiger charge is 2.07. The predicted octanol–water partition coefficient (Wildman–Crippen LogP) is 4.06. The fourth-order valence-corrected chi connectivity index (χ4v) is 2.96. The first-order valence-corrected chi connectivity index (χ1v) is 9.35. The Morgan fingerprint density at radius 2 is 1.61 bits per heavy atom. The zero-order chi connectivity index (χ0) is 19.2. The molecular formula is C21H19ClN4O2. The van der Waals surface area contributed by atoms with Gasteiger partial charge in [-0.1, -0.05) is 24.3 Å². The smallest absolute Gasteiger partial charge is 0.227 e. The van der Waals surface area contributed by atoms with E-state index in [4.69, 9.17) is 21.1 Å². The van der Waals surface area contributed by atoms with E-state index in [1.54, 1.807) is 0 Å². The molecule has 0 spiro atoms. The SMILES string of the molecule is Clc1nc2nc(n1)NCc1ccc(cc1)OCC=CCOc1cccc(c1)C2. The number of hydrogen-bond acceptors (Lipinski definition) is 6. The van der Waals surface area contributed by atoms with Gasteiger partial charge in [-0.3, -0.25) is 0 Å². The molecule has 0 fully saturated rings. The van der Waals surface area contributed by atoms with Gasteiger partial charge in [-0.15, -0.1) is 0 Å². The van der Waals surface area contributed by atoms with Crippen molar-refractivity contribution >= 4 is 17.5 Å². The van der Waals surface area contributed by atoms with E-state index < -0.39 is 0 Å². The summed E-state index contributed by atoms with van der Waals surface area (Å²) >= 11 is 6.09. The molecule has 0 saturated carbocycles. The van der Waals surface area contributed by atoms with Crippen LogP contribution in [0.2, 0.25) is 5.28 Å². The minimum Gasteiger partial charge on any atom is -0.490 e. The fraction of sp³-hybridized carbons (Fsp3) is 0.190. The van der Waals surface area contributed by atoms with Crippen LogP contribution in [0.25, 0.3) is 0 Å². The molecule has 3 aromatic rings. The topological polar surface area (TPSA) is 69.2 Å². The summed E-state index contributed by atoms with van der Waals surface area (Å²) in [6.45, 7) is 1.53. The molecule has 28 heavy (non-hydrogen) atoms. The number of ether oxygens (including phenoxy) is 2. The van der Waals surface area contributed by atoms with Crippen molar-refractivity contribution in [3.8, 4) is 11.5 Å². The van der Waals surface area contributed by atoms with E-state index in [0.29, 0.717) is 38.0 Å². The van der Waals surface area contributed by atoms with Gasteiger partial charge in [0.25, 0.3) is 0 Å². The summed E-state index contributed by atoms with van der Waals surface area (Å²) < 4.78 is 11.5. The molecule has 142 valence electrons. The minimum absolute atomic E-state index is 0.166. The van der Waals surface area contributed by atoms with Crippen molar-refractivity contribution in [2.45, 2.75) is 13.0 Å². The van der Waals surface area contributed by atoms with Crippen molar-refractivity contribution in [2.24, 2.45) is 0 Å². The summed E-state index contributed by atoms with van der Waals surface area (Å²) in [6, 6.07) is 15.7. The lowest BCUT2D eigenvalue weighted by Gasteiger charge is -2.09. The van der Waals surface area contributed by atoms with Crippen LogP contribution in [0.3, 0.4) is 0 Å². The van der Waals surface area contributed by atoms with Crippen LogP contribution < -0.4 is 14.8 Å². The van der Waals surface area contributed by atoms with Crippen LogP contribution in [-0.4, -0.2) is 28.2 Å². The van der Waals surface area contributed by atoms with E-state index in [9.17, 15) is 0 Å². The van der Waals surface area contributed by atoms with Gasteiger partial charge in [-0.25, -0.2) is 4.98 Å². The van der Waals surface area contributed by atoms with Crippen molar-refractivity contribution in [1.29, 1.82) is 0 Å². The Balaban J connectivity index is 1.61. The molecule has 0 unspecified atom stereocenters. The van der Waals surface area contributed by atoms with E-state index >= 15 is 0 Å². The predicted molar refractivity (Wildman–Crippen MR) is 108 cm³/mol. The fourth-order valence-electron chi connectivity index (χ4n) is 2.79. The quantitative estimate of drug-likeness (QED) is 0.580. The zero-order valence-electron chi connectivity index (χ0n) is 15.1. The third kappa shape index (κ3) is 4.98. The third-order valence-corrected chi connectivity index (χ3v) is 4.32. The lowest BCUT2D eigenvalue weighted by atomic mass is 10.1. The molecular weight excluding hydrogens is 376 g/mol. The monoisotopic (exact) mass is 394 g/mol. The summed E-state index contributed by atoms with van der Waals surface area (Å²) in [4.78, 5) is 12.9. The van der Waals surface area contributed by atoms with Crippen LogP contribution in [0, 0.1) is 0 Å². The van der Waals surface area contributed by atoms with Crippen molar-refractivity contribution in [1.82, 2.24) is 15.0 Å². The maximum absolute atomic E-state index is 6.09. The van der Waals surface area contributed by atoms with Crippen molar-refractivity contribution < 1.29 is 9.47 Å². The highest BCUT2D eigenvalue weighted by Crippen LogP contribution is 2.18. The highest BCUT2D eigenvalue weighted by molar-refractivity contribution is 6.28. The number of nitrogens with one attached hydrogen (secondary N) is 1. The highest BCUT2D eigenvalue weighted by atomic mass is 35.5. The minimum atomic E-state index is 0.166. The number of fused-ring (bicyclic) bond motifs is 7. The van der Waals surface area contributed by atoms with Crippen LogP contribution in [-0.2, 0) is 13.0 Å². The second kappa shape index (κ2) is 8.71. The van der Waals surface area contributed by atoms with Crippen LogP contribution >= 0.6 is 11.6 Å². The number of halogens is 1. The number of aromatic nitrogens is 3. The number of anilines is 1. The first-order valence-electron chi connectivity index (χ1n) is 8.97. The molecule has 0 aliphatic carbocycles. The Labute approximate surface area is 168 Å². The van der Waals surface area contributed by atoms with E-state index in [1.165, 1.54) is 0 Å². The summed E-state index contributed by atoms with van der Waals surface area (Å²) in [6.07, 6.45) is 4.42. The molecule has 0 saturated heterocycles. The van der Waals surface area contributed by atoms with Gasteiger partial charge >= 0.3 is 0 Å². The van der Waals surface area contributed by atoms with Gasteiger partial charge in [0.2, 0.25) is 11.2 Å². The standard InChI is InChI=1S/C21H19ClN4O2/c22-20-24-19-13-16-4-3-5-18(12-16)28-11-2-1-10-27-17-8-6-15(7-9-17)14-23-21(25-19)26-20/h1-9,12H,10-11,13-14H2,(H,23,24,25,26). The van der Waals surface area contributed by atoms with E-state index in [0.717, 1.165) is 22.6 Å². The van der Waals surface area contributed by atoms with Gasteiger partial charge in [0, 0.05) is 13.0 Å². The van der Waals surface area contributed by atoms with Crippen molar-refractivity contribution in [3.05, 3.63) is 82.9 Å². The first-order chi connectivity index (χ1) is 13.7. The Bertz CT molecular complexity index is 976. The van der Waals surface area contributed by atoms with Gasteiger partial charge < -0.3 is 14.8 Å². The Morgan fingerprint density at radius 1 is 0.821 bits per heavy atom. The molecule has 2 aliphatic heterocycles. The van der Waals surface area contributed by atoms with Gasteiger partial charge in [0.15, 0.2) is 0 Å². The van der Waals surface area contributed by atoms with Crippen LogP contribution in [0.15, 0.2) is 60.7 Å². The van der Waals surface area contributed by atoms with E-state index in [-0.39, 0.29) is 5.28 Å². The molecule has 0 amide bonds. The second-order valence-corrected chi connectivity index (χ2v) is 6.60. The molecule has 6 nitrogen and oxygen atoms in total. The van der Waals surface area contributed by atoms with Crippen LogP contribution in [0.5, 0.6) is 11.5 Å². The molecule has 6 bridgehead atoms. The lowest BCUT2D eigenvalue weighted by molar-refractivity contribution is 0.350. The largest absolute Gasteiger partial charge is 0.490 e. The number of nitrogens with zero attached hydrogens (tertiary/aromatic N) is 3. The molecule has 3 heterocycles. The molecule has 0 radical (unpaired) electrons. The van der Waals surface area contributed by atoms with E-state index in [2.05, 4.69) is 20.3 Å². The van der Waals surface area contributed by atoms with Crippen molar-refractivity contribution in [2.75, 3.05) is 18.5 Å². The zero-order valence-corrected chi connectivity index (χ0v) is 15.9. The normalized spacial score (nSPS) is 14.0. The molecule has 2 aromatic carbocycles. The molecule has 1 aromatic heterocycles. The lowest BCUT2D eigenvalue weighted by Crippen LogP contribution is -2.08. The summed E-state index contributed by atoms with van der Waals surface area (Å²) in [5.74, 6) is 2.64. The number of hydrogen-bond donors (Lipinski definition) is 1. The molecule has 2 aliphatic rings. The number of benzene rings is 2. The number of rotatable bonds is 0. The molecule has 5 rings (SSSR count). The Morgan fingerprint density at radius 3 is 2.43 bits per heavy atom. The molecule has 7 heteroatoms. The van der Waals surface area contributed by atoms with Gasteiger partial charge in [0.1, 0.15) is 30.5 Å². The van der Waals surface area contributed by atoms with Gasteiger partial charge in [-0.05, 0) is 59.1 Å². The summed E-state index contributed by atoms with van der Waals surface area (Å²) in [5.41, 5.74) is 2.12. The first kappa shape index (κ1) is 18.3. The second-order valence-electron chi connectivity index (χ2n) is 6.26.